The summed E-state index contributed by atoms with van der Waals surface area (Å²) < 4.78 is 0. The summed E-state index contributed by atoms with van der Waals surface area (Å²) in [6.07, 6.45) is 6.74. The Hall–Kier alpha value is -2.07. The molecular formula is C18H20ClN3O. The van der Waals surface area contributed by atoms with Crippen LogP contribution in [0.5, 0.6) is 0 Å². The van der Waals surface area contributed by atoms with Gasteiger partial charge in [0.05, 0.1) is 17.4 Å². The summed E-state index contributed by atoms with van der Waals surface area (Å²) in [6.45, 7) is 3.67. The molecule has 0 aliphatic carbocycles. The van der Waals surface area contributed by atoms with Gasteiger partial charge in [-0.15, -0.1) is 0 Å². The number of piperidine rings is 1. The zero-order valence-electron chi connectivity index (χ0n) is 13.2. The Labute approximate surface area is 141 Å². The number of aryl methyl sites for hydroxylation is 1. The maximum atomic E-state index is 12.6. The SMILES string of the molecule is Cc1cc(Cl)ccc1Nc1cncc(C(=O)N2CCCCC2)c1. The number of nitrogens with one attached hydrogen (secondary N) is 1. The monoisotopic (exact) mass is 329 g/mol. The molecule has 0 bridgehead atoms. The van der Waals surface area contributed by atoms with Gasteiger partial charge in [-0.3, -0.25) is 9.78 Å². The molecule has 1 amide bonds. The molecule has 1 saturated heterocycles. The molecule has 4 nitrogen and oxygen atoms in total. The molecule has 1 aromatic carbocycles. The Morgan fingerprint density at radius 3 is 2.70 bits per heavy atom. The topological polar surface area (TPSA) is 45.2 Å². The average molecular weight is 330 g/mol. The molecular weight excluding hydrogens is 310 g/mol. The highest BCUT2D eigenvalue weighted by molar-refractivity contribution is 6.30. The van der Waals surface area contributed by atoms with Crippen LogP contribution >= 0.6 is 11.6 Å². The lowest BCUT2D eigenvalue weighted by molar-refractivity contribution is 0.0724. The van der Waals surface area contributed by atoms with Gasteiger partial charge in [0.1, 0.15) is 0 Å². The smallest absolute Gasteiger partial charge is 0.255 e. The molecule has 2 heterocycles. The third-order valence-corrected chi connectivity index (χ3v) is 4.33. The highest BCUT2D eigenvalue weighted by Crippen LogP contribution is 2.24. The summed E-state index contributed by atoms with van der Waals surface area (Å²) in [5, 5.41) is 4.01. The van der Waals surface area contributed by atoms with E-state index in [1.54, 1.807) is 12.4 Å². The number of anilines is 2. The predicted molar refractivity (Wildman–Crippen MR) is 93.5 cm³/mol. The molecule has 2 aromatic rings. The van der Waals surface area contributed by atoms with Crippen molar-refractivity contribution in [2.24, 2.45) is 0 Å². The number of benzene rings is 1. The molecule has 1 fully saturated rings. The maximum Gasteiger partial charge on any atom is 0.255 e. The second-order valence-corrected chi connectivity index (χ2v) is 6.34. The molecule has 1 aliphatic heterocycles. The van der Waals surface area contributed by atoms with E-state index in [-0.39, 0.29) is 5.91 Å². The minimum Gasteiger partial charge on any atom is -0.354 e. The number of hydrogen-bond acceptors (Lipinski definition) is 3. The normalized spacial score (nSPS) is 14.6. The third-order valence-electron chi connectivity index (χ3n) is 4.10. The third kappa shape index (κ3) is 3.82. The number of hydrogen-bond donors (Lipinski definition) is 1. The number of halogens is 1. The highest BCUT2D eigenvalue weighted by atomic mass is 35.5. The van der Waals surface area contributed by atoms with E-state index in [4.69, 9.17) is 11.6 Å². The van der Waals surface area contributed by atoms with Crippen LogP contribution in [0.25, 0.3) is 0 Å². The van der Waals surface area contributed by atoms with Crippen LogP contribution in [0.3, 0.4) is 0 Å². The first-order valence-corrected chi connectivity index (χ1v) is 8.29. The fraction of sp³-hybridized carbons (Fsp3) is 0.333. The van der Waals surface area contributed by atoms with E-state index in [0.29, 0.717) is 10.6 Å². The lowest BCUT2D eigenvalue weighted by atomic mass is 10.1. The van der Waals surface area contributed by atoms with Gasteiger partial charge >= 0.3 is 0 Å². The van der Waals surface area contributed by atoms with Gasteiger partial charge in [-0.05, 0) is 56.0 Å². The number of carbonyl (C=O) groups excluding carboxylic acids is 1. The van der Waals surface area contributed by atoms with E-state index < -0.39 is 0 Å². The second kappa shape index (κ2) is 7.01. The van der Waals surface area contributed by atoms with Gasteiger partial charge in [-0.25, -0.2) is 0 Å². The number of carbonyl (C=O) groups is 1. The summed E-state index contributed by atoms with van der Waals surface area (Å²) in [4.78, 5) is 18.7. The zero-order valence-corrected chi connectivity index (χ0v) is 13.9. The summed E-state index contributed by atoms with van der Waals surface area (Å²) in [5.41, 5.74) is 3.44. The van der Waals surface area contributed by atoms with Crippen LogP contribution in [-0.2, 0) is 0 Å². The Morgan fingerprint density at radius 1 is 1.17 bits per heavy atom. The minimum atomic E-state index is 0.0636. The van der Waals surface area contributed by atoms with Crippen LogP contribution in [0.1, 0.15) is 35.2 Å². The summed E-state index contributed by atoms with van der Waals surface area (Å²) >= 11 is 5.98. The van der Waals surface area contributed by atoms with Crippen molar-refractivity contribution in [3.05, 3.63) is 52.8 Å². The molecule has 120 valence electrons. The predicted octanol–water partition coefficient (Wildman–Crippen LogP) is 4.41. The van der Waals surface area contributed by atoms with E-state index >= 15 is 0 Å². The van der Waals surface area contributed by atoms with Crippen molar-refractivity contribution in [2.45, 2.75) is 26.2 Å². The molecule has 0 radical (unpaired) electrons. The lowest BCUT2D eigenvalue weighted by Crippen LogP contribution is -2.35. The van der Waals surface area contributed by atoms with Crippen molar-refractivity contribution in [1.82, 2.24) is 9.88 Å². The summed E-state index contributed by atoms with van der Waals surface area (Å²) in [6, 6.07) is 7.53. The molecule has 23 heavy (non-hydrogen) atoms. The number of rotatable bonds is 3. The van der Waals surface area contributed by atoms with Crippen molar-refractivity contribution >= 4 is 28.9 Å². The minimum absolute atomic E-state index is 0.0636. The van der Waals surface area contributed by atoms with Crippen LogP contribution in [0, 0.1) is 6.92 Å². The van der Waals surface area contributed by atoms with Crippen LogP contribution < -0.4 is 5.32 Å². The highest BCUT2D eigenvalue weighted by Gasteiger charge is 2.18. The standard InChI is InChI=1S/C18H20ClN3O/c1-13-9-15(19)5-6-17(13)21-16-10-14(11-20-12-16)18(23)22-7-3-2-4-8-22/h5-6,9-12,21H,2-4,7-8H2,1H3. The molecule has 0 spiro atoms. The van der Waals surface area contributed by atoms with E-state index in [1.807, 2.05) is 36.1 Å². The largest absolute Gasteiger partial charge is 0.354 e. The van der Waals surface area contributed by atoms with Gasteiger partial charge in [-0.1, -0.05) is 11.6 Å². The molecule has 1 N–H and O–H groups in total. The zero-order chi connectivity index (χ0) is 16.2. The number of likely N-dealkylation sites (tertiary alicyclic amines) is 1. The van der Waals surface area contributed by atoms with Crippen molar-refractivity contribution in [3.63, 3.8) is 0 Å². The second-order valence-electron chi connectivity index (χ2n) is 5.90. The first-order valence-electron chi connectivity index (χ1n) is 7.91. The van der Waals surface area contributed by atoms with Crippen LogP contribution in [0.2, 0.25) is 5.02 Å². The van der Waals surface area contributed by atoms with Gasteiger partial charge in [0.25, 0.3) is 5.91 Å². The van der Waals surface area contributed by atoms with Crippen LogP contribution in [0.15, 0.2) is 36.7 Å². The number of nitrogens with zero attached hydrogens (tertiary/aromatic N) is 2. The number of aromatic nitrogens is 1. The Kier molecular flexibility index (Phi) is 4.82. The molecule has 1 aliphatic rings. The number of amides is 1. The molecule has 0 saturated carbocycles. The van der Waals surface area contributed by atoms with E-state index in [2.05, 4.69) is 10.3 Å². The van der Waals surface area contributed by atoms with Gasteiger partial charge in [0, 0.05) is 30.0 Å². The molecule has 3 rings (SSSR count). The lowest BCUT2D eigenvalue weighted by Gasteiger charge is -2.26. The summed E-state index contributed by atoms with van der Waals surface area (Å²) in [5.74, 6) is 0.0636. The molecule has 5 heteroatoms. The first kappa shape index (κ1) is 15.8. The molecule has 0 atom stereocenters. The Balaban J connectivity index is 1.78. The first-order chi connectivity index (χ1) is 11.1. The van der Waals surface area contributed by atoms with Crippen molar-refractivity contribution in [3.8, 4) is 0 Å². The van der Waals surface area contributed by atoms with Crippen molar-refractivity contribution in [2.75, 3.05) is 18.4 Å². The van der Waals surface area contributed by atoms with Crippen molar-refractivity contribution in [1.29, 1.82) is 0 Å². The average Bonchev–Trinajstić information content (AvgIpc) is 2.58. The van der Waals surface area contributed by atoms with Crippen molar-refractivity contribution < 1.29 is 4.79 Å². The van der Waals surface area contributed by atoms with E-state index in [9.17, 15) is 4.79 Å². The summed E-state index contributed by atoms with van der Waals surface area (Å²) in [7, 11) is 0. The van der Waals surface area contributed by atoms with Gasteiger partial charge in [0.15, 0.2) is 0 Å². The Morgan fingerprint density at radius 2 is 1.96 bits per heavy atom. The van der Waals surface area contributed by atoms with Gasteiger partial charge in [0.2, 0.25) is 0 Å². The maximum absolute atomic E-state index is 12.6. The molecule has 0 unspecified atom stereocenters. The van der Waals surface area contributed by atoms with E-state index in [0.717, 1.165) is 42.9 Å². The Bertz CT molecular complexity index is 711. The molecule has 1 aromatic heterocycles. The van der Waals surface area contributed by atoms with Gasteiger partial charge in [-0.2, -0.15) is 0 Å². The number of pyridine rings is 1. The van der Waals surface area contributed by atoms with Gasteiger partial charge < -0.3 is 10.2 Å². The fourth-order valence-corrected chi connectivity index (χ4v) is 3.05. The van der Waals surface area contributed by atoms with E-state index in [1.165, 1.54) is 6.42 Å². The fourth-order valence-electron chi connectivity index (χ4n) is 2.83. The van der Waals surface area contributed by atoms with Crippen LogP contribution in [-0.4, -0.2) is 28.9 Å². The van der Waals surface area contributed by atoms with Crippen LogP contribution in [0.4, 0.5) is 11.4 Å². The quantitative estimate of drug-likeness (QED) is 0.907.